The molecule has 0 saturated heterocycles. The molecule has 0 fully saturated rings. The zero-order valence-electron chi connectivity index (χ0n) is 12.3. The number of Topliss-reactive ketones (excluding diaryl/α,β-unsaturated/α-hetero) is 1. The Balaban J connectivity index is 2.15. The maximum atomic E-state index is 13.2. The highest BCUT2D eigenvalue weighted by Crippen LogP contribution is 2.44. The maximum Gasteiger partial charge on any atom is 0.176 e. The molecule has 2 aromatic carbocycles. The number of fused-ring (bicyclic) bond motifs is 1. The van der Waals surface area contributed by atoms with Crippen LogP contribution < -0.4 is 0 Å². The number of rotatable bonds is 4. The molecule has 0 aromatic heterocycles. The molecule has 21 heavy (non-hydrogen) atoms. The predicted octanol–water partition coefficient (Wildman–Crippen LogP) is 3.52. The van der Waals surface area contributed by atoms with Crippen molar-refractivity contribution < 1.29 is 9.90 Å². The van der Waals surface area contributed by atoms with Crippen LogP contribution in [0.2, 0.25) is 0 Å². The minimum Gasteiger partial charge on any atom is -0.392 e. The van der Waals surface area contributed by atoms with E-state index in [0.29, 0.717) is 18.4 Å². The molecule has 2 nitrogen and oxygen atoms in total. The third-order valence-electron chi connectivity index (χ3n) is 4.68. The van der Waals surface area contributed by atoms with Crippen molar-refractivity contribution in [2.45, 2.75) is 37.7 Å². The highest BCUT2D eigenvalue weighted by atomic mass is 16.3. The molecule has 0 heterocycles. The fourth-order valence-corrected chi connectivity index (χ4v) is 3.57. The second-order valence-corrected chi connectivity index (χ2v) is 5.75. The first-order chi connectivity index (χ1) is 10.2. The van der Waals surface area contributed by atoms with E-state index < -0.39 is 11.5 Å². The Morgan fingerprint density at radius 3 is 2.52 bits per heavy atom. The van der Waals surface area contributed by atoms with Gasteiger partial charge in [0, 0.05) is 5.56 Å². The Kier molecular flexibility index (Phi) is 3.64. The lowest BCUT2D eigenvalue weighted by atomic mass is 9.70. The van der Waals surface area contributed by atoms with E-state index in [1.165, 1.54) is 5.56 Å². The van der Waals surface area contributed by atoms with Crippen molar-refractivity contribution >= 4 is 5.78 Å². The Morgan fingerprint density at radius 1 is 1.14 bits per heavy atom. The second-order valence-electron chi connectivity index (χ2n) is 5.75. The van der Waals surface area contributed by atoms with E-state index >= 15 is 0 Å². The standard InChI is InChI=1S/C19H20O2/c1-2-17(20)19(18(21)15-9-4-3-5-10-15)13-12-14-8-6-7-11-16(14)19/h3-11,17,20H,2,12-13H2,1H3/t17-,19-/m0/s1. The Hall–Kier alpha value is -1.93. The first-order valence-corrected chi connectivity index (χ1v) is 7.56. The lowest BCUT2D eigenvalue weighted by molar-refractivity contribution is 0.0537. The number of benzene rings is 2. The molecule has 0 spiro atoms. The highest BCUT2D eigenvalue weighted by molar-refractivity contribution is 6.05. The summed E-state index contributed by atoms with van der Waals surface area (Å²) in [5, 5.41) is 10.7. The summed E-state index contributed by atoms with van der Waals surface area (Å²) in [6, 6.07) is 17.4. The lowest BCUT2D eigenvalue weighted by Crippen LogP contribution is -2.44. The number of hydrogen-bond acceptors (Lipinski definition) is 2. The van der Waals surface area contributed by atoms with Crippen molar-refractivity contribution in [1.29, 1.82) is 0 Å². The van der Waals surface area contributed by atoms with E-state index in [2.05, 4.69) is 6.07 Å². The first-order valence-electron chi connectivity index (χ1n) is 7.56. The molecule has 0 saturated carbocycles. The van der Waals surface area contributed by atoms with Gasteiger partial charge in [-0.2, -0.15) is 0 Å². The summed E-state index contributed by atoms with van der Waals surface area (Å²) in [5.74, 6) is 0.0439. The van der Waals surface area contributed by atoms with E-state index in [-0.39, 0.29) is 5.78 Å². The number of aliphatic hydroxyl groups excluding tert-OH is 1. The van der Waals surface area contributed by atoms with Gasteiger partial charge in [-0.3, -0.25) is 4.79 Å². The molecule has 0 radical (unpaired) electrons. The van der Waals surface area contributed by atoms with E-state index in [1.807, 2.05) is 55.5 Å². The van der Waals surface area contributed by atoms with Crippen LogP contribution >= 0.6 is 0 Å². The Labute approximate surface area is 125 Å². The van der Waals surface area contributed by atoms with Gasteiger partial charge in [0.2, 0.25) is 0 Å². The molecule has 1 aliphatic rings. The quantitative estimate of drug-likeness (QED) is 0.870. The van der Waals surface area contributed by atoms with Crippen molar-refractivity contribution in [3.05, 3.63) is 71.3 Å². The number of carbonyl (C=O) groups is 1. The Morgan fingerprint density at radius 2 is 1.81 bits per heavy atom. The lowest BCUT2D eigenvalue weighted by Gasteiger charge is -2.33. The molecule has 1 aliphatic carbocycles. The third kappa shape index (κ3) is 2.11. The van der Waals surface area contributed by atoms with Gasteiger partial charge >= 0.3 is 0 Å². The average molecular weight is 280 g/mol. The van der Waals surface area contributed by atoms with E-state index in [1.54, 1.807) is 0 Å². The molecule has 2 atom stereocenters. The second kappa shape index (κ2) is 5.45. The summed E-state index contributed by atoms with van der Waals surface area (Å²) in [6.45, 7) is 1.94. The van der Waals surface area contributed by atoms with Gasteiger partial charge in [0.25, 0.3) is 0 Å². The van der Waals surface area contributed by atoms with Crippen LogP contribution in [0.5, 0.6) is 0 Å². The van der Waals surface area contributed by atoms with Crippen molar-refractivity contribution in [2.24, 2.45) is 0 Å². The minimum absolute atomic E-state index is 0.0439. The molecule has 0 amide bonds. The number of ketones is 1. The third-order valence-corrected chi connectivity index (χ3v) is 4.68. The summed E-state index contributed by atoms with van der Waals surface area (Å²) in [5.41, 5.74) is 2.09. The van der Waals surface area contributed by atoms with E-state index in [9.17, 15) is 9.90 Å². The van der Waals surface area contributed by atoms with Gasteiger partial charge < -0.3 is 5.11 Å². The summed E-state index contributed by atoms with van der Waals surface area (Å²) in [6.07, 6.45) is 1.47. The van der Waals surface area contributed by atoms with Gasteiger partial charge in [0.15, 0.2) is 5.78 Å². The maximum absolute atomic E-state index is 13.2. The van der Waals surface area contributed by atoms with E-state index in [0.717, 1.165) is 12.0 Å². The monoisotopic (exact) mass is 280 g/mol. The van der Waals surface area contributed by atoms with Gasteiger partial charge in [-0.05, 0) is 30.4 Å². The van der Waals surface area contributed by atoms with Crippen molar-refractivity contribution in [2.75, 3.05) is 0 Å². The predicted molar refractivity (Wildman–Crippen MR) is 83.5 cm³/mol. The first kappa shape index (κ1) is 14.0. The molecule has 0 aliphatic heterocycles. The number of hydrogen-bond donors (Lipinski definition) is 1. The van der Waals surface area contributed by atoms with Crippen molar-refractivity contribution in [3.63, 3.8) is 0 Å². The van der Waals surface area contributed by atoms with Gasteiger partial charge in [-0.1, -0.05) is 61.5 Å². The topological polar surface area (TPSA) is 37.3 Å². The summed E-state index contributed by atoms with van der Waals surface area (Å²) in [4.78, 5) is 13.2. The summed E-state index contributed by atoms with van der Waals surface area (Å²) in [7, 11) is 0. The summed E-state index contributed by atoms with van der Waals surface area (Å²) < 4.78 is 0. The molecule has 0 unspecified atom stereocenters. The number of aryl methyl sites for hydroxylation is 1. The van der Waals surface area contributed by atoms with Crippen LogP contribution in [0.1, 0.15) is 41.3 Å². The smallest absolute Gasteiger partial charge is 0.176 e. The van der Waals surface area contributed by atoms with Crippen LogP contribution in [0, 0.1) is 0 Å². The fourth-order valence-electron chi connectivity index (χ4n) is 3.57. The van der Waals surface area contributed by atoms with Crippen molar-refractivity contribution in [1.82, 2.24) is 0 Å². The van der Waals surface area contributed by atoms with Gasteiger partial charge in [0.1, 0.15) is 0 Å². The minimum atomic E-state index is -0.785. The summed E-state index contributed by atoms with van der Waals surface area (Å²) >= 11 is 0. The molecule has 0 bridgehead atoms. The number of carbonyl (C=O) groups excluding carboxylic acids is 1. The highest BCUT2D eigenvalue weighted by Gasteiger charge is 2.49. The van der Waals surface area contributed by atoms with Crippen LogP contribution in [-0.2, 0) is 11.8 Å². The SMILES string of the molecule is CC[C@H](O)[C@]1(C(=O)c2ccccc2)CCc2ccccc21. The molecule has 108 valence electrons. The van der Waals surface area contributed by atoms with Crippen molar-refractivity contribution in [3.8, 4) is 0 Å². The van der Waals surface area contributed by atoms with Crippen LogP contribution in [0.15, 0.2) is 54.6 Å². The molecule has 2 aromatic rings. The molecule has 1 N–H and O–H groups in total. The molecule has 2 heteroatoms. The molecular weight excluding hydrogens is 260 g/mol. The van der Waals surface area contributed by atoms with Crippen LogP contribution in [0.25, 0.3) is 0 Å². The van der Waals surface area contributed by atoms with Crippen LogP contribution in [0.4, 0.5) is 0 Å². The van der Waals surface area contributed by atoms with Crippen LogP contribution in [0.3, 0.4) is 0 Å². The Bertz CT molecular complexity index is 648. The van der Waals surface area contributed by atoms with Gasteiger partial charge in [-0.15, -0.1) is 0 Å². The average Bonchev–Trinajstić information content (AvgIpc) is 2.95. The van der Waals surface area contributed by atoms with Gasteiger partial charge in [-0.25, -0.2) is 0 Å². The normalized spacial score (nSPS) is 21.8. The zero-order valence-corrected chi connectivity index (χ0v) is 12.3. The fraction of sp³-hybridized carbons (Fsp3) is 0.316. The van der Waals surface area contributed by atoms with Gasteiger partial charge in [0.05, 0.1) is 11.5 Å². The molecule has 3 rings (SSSR count). The molecular formula is C19H20O2. The number of aliphatic hydroxyl groups is 1. The van der Waals surface area contributed by atoms with E-state index in [4.69, 9.17) is 0 Å². The zero-order chi connectivity index (χ0) is 14.9. The largest absolute Gasteiger partial charge is 0.392 e. The van der Waals surface area contributed by atoms with Crippen LogP contribution in [-0.4, -0.2) is 17.0 Å².